The molecule has 0 unspecified atom stereocenters. The molecule has 0 spiro atoms. The molecule has 2 aliphatic rings. The molecular weight excluding hydrogens is 383 g/mol. The summed E-state index contributed by atoms with van der Waals surface area (Å²) < 4.78 is 24.6. The first-order chi connectivity index (χ1) is 13.6. The van der Waals surface area contributed by atoms with Gasteiger partial charge >= 0.3 is 0 Å². The van der Waals surface area contributed by atoms with E-state index in [0.29, 0.717) is 19.3 Å². The SMILES string of the molecule is O=C(N[C@H]1CC[C@H](NCc2ccc3c(c2)OCCO3)C1)c1cc(F)cc(Cl)c1. The Kier molecular flexibility index (Phi) is 5.69. The summed E-state index contributed by atoms with van der Waals surface area (Å²) in [5.74, 6) is 0.772. The number of carbonyl (C=O) groups excluding carboxylic acids is 1. The van der Waals surface area contributed by atoms with Gasteiger partial charge in [-0.15, -0.1) is 0 Å². The Morgan fingerprint density at radius 2 is 1.86 bits per heavy atom. The zero-order valence-corrected chi connectivity index (χ0v) is 16.1. The summed E-state index contributed by atoms with van der Waals surface area (Å²) in [5, 5.41) is 6.73. The lowest BCUT2D eigenvalue weighted by Crippen LogP contribution is -2.35. The summed E-state index contributed by atoms with van der Waals surface area (Å²) in [5.41, 5.74) is 1.38. The van der Waals surface area contributed by atoms with Gasteiger partial charge in [0, 0.05) is 29.2 Å². The molecule has 1 fully saturated rings. The van der Waals surface area contributed by atoms with E-state index in [2.05, 4.69) is 10.6 Å². The molecule has 0 bridgehead atoms. The van der Waals surface area contributed by atoms with Crippen molar-refractivity contribution < 1.29 is 18.7 Å². The molecular formula is C21H22ClFN2O3. The predicted octanol–water partition coefficient (Wildman–Crippen LogP) is 3.69. The van der Waals surface area contributed by atoms with Crippen molar-refractivity contribution in [2.45, 2.75) is 37.9 Å². The molecule has 4 rings (SSSR count). The maximum Gasteiger partial charge on any atom is 0.251 e. The van der Waals surface area contributed by atoms with Crippen molar-refractivity contribution in [3.05, 3.63) is 58.4 Å². The van der Waals surface area contributed by atoms with Crippen LogP contribution in [0, 0.1) is 5.82 Å². The van der Waals surface area contributed by atoms with Crippen LogP contribution in [-0.4, -0.2) is 31.2 Å². The number of halogens is 2. The maximum absolute atomic E-state index is 13.4. The number of benzene rings is 2. The van der Waals surface area contributed by atoms with Crippen LogP contribution in [0.3, 0.4) is 0 Å². The highest BCUT2D eigenvalue weighted by Gasteiger charge is 2.26. The first-order valence-electron chi connectivity index (χ1n) is 9.46. The Balaban J connectivity index is 1.28. The summed E-state index contributed by atoms with van der Waals surface area (Å²) in [6.45, 7) is 1.88. The van der Waals surface area contributed by atoms with Gasteiger partial charge in [0.25, 0.3) is 5.91 Å². The lowest BCUT2D eigenvalue weighted by molar-refractivity contribution is 0.0937. The van der Waals surface area contributed by atoms with Crippen LogP contribution >= 0.6 is 11.6 Å². The summed E-state index contributed by atoms with van der Waals surface area (Å²) in [4.78, 5) is 12.3. The minimum Gasteiger partial charge on any atom is -0.486 e. The smallest absolute Gasteiger partial charge is 0.251 e. The Hall–Kier alpha value is -2.31. The third-order valence-corrected chi connectivity index (χ3v) is 5.31. The van der Waals surface area contributed by atoms with Gasteiger partial charge in [0.05, 0.1) is 0 Å². The fraction of sp³-hybridized carbons (Fsp3) is 0.381. The minimum absolute atomic E-state index is 0.0623. The fourth-order valence-electron chi connectivity index (χ4n) is 3.71. The number of fused-ring (bicyclic) bond motifs is 1. The van der Waals surface area contributed by atoms with Crippen LogP contribution in [0.15, 0.2) is 36.4 Å². The molecule has 0 radical (unpaired) electrons. The first-order valence-corrected chi connectivity index (χ1v) is 9.83. The summed E-state index contributed by atoms with van der Waals surface area (Å²) in [6.07, 6.45) is 2.69. The van der Waals surface area contributed by atoms with E-state index >= 15 is 0 Å². The predicted molar refractivity (Wildman–Crippen MR) is 105 cm³/mol. The van der Waals surface area contributed by atoms with Gasteiger partial charge in [0.2, 0.25) is 0 Å². The number of hydrogen-bond acceptors (Lipinski definition) is 4. The highest BCUT2D eigenvalue weighted by atomic mass is 35.5. The third kappa shape index (κ3) is 4.56. The van der Waals surface area contributed by atoms with Crippen LogP contribution in [0.4, 0.5) is 4.39 Å². The summed E-state index contributed by atoms with van der Waals surface area (Å²) >= 11 is 5.83. The van der Waals surface area contributed by atoms with Crippen molar-refractivity contribution >= 4 is 17.5 Å². The molecule has 5 nitrogen and oxygen atoms in total. The number of rotatable bonds is 5. The zero-order chi connectivity index (χ0) is 19.5. The molecule has 2 aromatic carbocycles. The number of nitrogens with one attached hydrogen (secondary N) is 2. The van der Waals surface area contributed by atoms with Crippen LogP contribution in [0.1, 0.15) is 35.2 Å². The van der Waals surface area contributed by atoms with Crippen LogP contribution in [0.2, 0.25) is 5.02 Å². The average Bonchev–Trinajstić information content (AvgIpc) is 3.13. The number of carbonyl (C=O) groups is 1. The van der Waals surface area contributed by atoms with Gasteiger partial charge in [-0.3, -0.25) is 4.79 Å². The third-order valence-electron chi connectivity index (χ3n) is 5.09. The van der Waals surface area contributed by atoms with Gasteiger partial charge in [-0.2, -0.15) is 0 Å². The van der Waals surface area contributed by atoms with E-state index in [-0.39, 0.29) is 22.5 Å². The molecule has 1 heterocycles. The van der Waals surface area contributed by atoms with E-state index < -0.39 is 5.82 Å². The van der Waals surface area contributed by atoms with Gasteiger partial charge in [0.1, 0.15) is 19.0 Å². The van der Waals surface area contributed by atoms with Crippen LogP contribution in [-0.2, 0) is 6.54 Å². The maximum atomic E-state index is 13.4. The van der Waals surface area contributed by atoms with Crippen molar-refractivity contribution in [1.82, 2.24) is 10.6 Å². The van der Waals surface area contributed by atoms with E-state index in [1.54, 1.807) is 0 Å². The number of hydrogen-bond donors (Lipinski definition) is 2. The van der Waals surface area contributed by atoms with Crippen molar-refractivity contribution in [2.24, 2.45) is 0 Å². The highest BCUT2D eigenvalue weighted by molar-refractivity contribution is 6.31. The largest absolute Gasteiger partial charge is 0.486 e. The van der Waals surface area contributed by atoms with E-state index in [1.165, 1.54) is 18.2 Å². The number of ether oxygens (including phenoxy) is 2. The van der Waals surface area contributed by atoms with E-state index in [9.17, 15) is 9.18 Å². The minimum atomic E-state index is -0.511. The molecule has 1 saturated carbocycles. The molecule has 0 saturated heterocycles. The van der Waals surface area contributed by atoms with Crippen molar-refractivity contribution in [2.75, 3.05) is 13.2 Å². The average molecular weight is 405 g/mol. The Morgan fingerprint density at radius 3 is 2.68 bits per heavy atom. The fourth-order valence-corrected chi connectivity index (χ4v) is 3.93. The van der Waals surface area contributed by atoms with Crippen LogP contribution < -0.4 is 20.1 Å². The van der Waals surface area contributed by atoms with E-state index in [4.69, 9.17) is 21.1 Å². The highest BCUT2D eigenvalue weighted by Crippen LogP contribution is 2.31. The molecule has 2 N–H and O–H groups in total. The summed E-state index contributed by atoms with van der Waals surface area (Å²) in [7, 11) is 0. The van der Waals surface area contributed by atoms with Crippen LogP contribution in [0.25, 0.3) is 0 Å². The standard InChI is InChI=1S/C21H22ClFN2O3/c22-15-8-14(9-16(23)10-15)21(26)25-18-3-2-17(11-18)24-12-13-1-4-19-20(7-13)28-6-5-27-19/h1,4,7-10,17-18,24H,2-3,5-6,11-12H2,(H,25,26)/t17-,18-/m0/s1. The van der Waals surface area contributed by atoms with Gasteiger partial charge in [-0.1, -0.05) is 17.7 Å². The van der Waals surface area contributed by atoms with Gasteiger partial charge in [-0.05, 0) is 55.2 Å². The zero-order valence-electron chi connectivity index (χ0n) is 15.3. The summed E-state index contributed by atoms with van der Waals surface area (Å²) in [6, 6.07) is 10.2. The van der Waals surface area contributed by atoms with Gasteiger partial charge < -0.3 is 20.1 Å². The molecule has 2 atom stereocenters. The molecule has 7 heteroatoms. The van der Waals surface area contributed by atoms with Crippen LogP contribution in [0.5, 0.6) is 11.5 Å². The van der Waals surface area contributed by atoms with Crippen molar-refractivity contribution in [3.63, 3.8) is 0 Å². The molecule has 1 amide bonds. The first kappa shape index (κ1) is 19.0. The quantitative estimate of drug-likeness (QED) is 0.798. The lowest BCUT2D eigenvalue weighted by Gasteiger charge is -2.19. The van der Waals surface area contributed by atoms with Gasteiger partial charge in [-0.25, -0.2) is 4.39 Å². The molecule has 1 aliphatic heterocycles. The molecule has 28 heavy (non-hydrogen) atoms. The van der Waals surface area contributed by atoms with E-state index in [0.717, 1.165) is 42.9 Å². The molecule has 148 valence electrons. The number of amides is 1. The monoisotopic (exact) mass is 404 g/mol. The second-order valence-corrected chi connectivity index (χ2v) is 7.63. The molecule has 0 aromatic heterocycles. The molecule has 1 aliphatic carbocycles. The van der Waals surface area contributed by atoms with Crippen molar-refractivity contribution in [3.8, 4) is 11.5 Å². The van der Waals surface area contributed by atoms with Gasteiger partial charge in [0.15, 0.2) is 11.5 Å². The van der Waals surface area contributed by atoms with E-state index in [1.807, 2.05) is 18.2 Å². The normalized spacial score (nSPS) is 20.8. The Labute approximate surface area is 168 Å². The topological polar surface area (TPSA) is 59.6 Å². The lowest BCUT2D eigenvalue weighted by atomic mass is 10.1. The van der Waals surface area contributed by atoms with Crippen molar-refractivity contribution in [1.29, 1.82) is 0 Å². The second kappa shape index (κ2) is 8.37. The second-order valence-electron chi connectivity index (χ2n) is 7.20. The molecule has 2 aromatic rings. The Morgan fingerprint density at radius 1 is 1.07 bits per heavy atom. The Bertz CT molecular complexity index is 856.